The number of hydrogen-bond donors (Lipinski definition) is 10. The van der Waals surface area contributed by atoms with E-state index in [1.807, 2.05) is 0 Å². The number of aromatic hydroxyl groups is 2. The van der Waals surface area contributed by atoms with Gasteiger partial charge < -0.3 is 26.2 Å². The van der Waals surface area contributed by atoms with Gasteiger partial charge in [0, 0.05) is 33.2 Å². The Balaban J connectivity index is 1.31. The Labute approximate surface area is 429 Å². The van der Waals surface area contributed by atoms with Crippen molar-refractivity contribution in [3.63, 3.8) is 0 Å². The summed E-state index contributed by atoms with van der Waals surface area (Å²) in [5, 5.41) is 80.5. The number of non-ortho nitro benzene ring substituents is 1. The molecule has 0 heterocycles. The molecule has 0 aliphatic heterocycles. The quantitative estimate of drug-likeness (QED) is 0.0114. The number of nitrogens with two attached hydrogens (primary N) is 1. The van der Waals surface area contributed by atoms with Gasteiger partial charge in [0.1, 0.15) is 48.0 Å². The van der Waals surface area contributed by atoms with Crippen molar-refractivity contribution in [2.24, 2.45) is 40.9 Å². The van der Waals surface area contributed by atoms with Crippen molar-refractivity contribution < 1.29 is 86.8 Å². The molecule has 0 aliphatic carbocycles. The lowest BCUT2D eigenvalue weighted by Crippen LogP contribution is -2.03. The molecule has 392 valence electrons. The van der Waals surface area contributed by atoms with Gasteiger partial charge in [0.15, 0.2) is 11.5 Å². The van der Waals surface area contributed by atoms with Gasteiger partial charge >= 0.3 is 11.9 Å². The Hall–Kier alpha value is -8.81. The summed E-state index contributed by atoms with van der Waals surface area (Å²) >= 11 is 4.16. The number of nitrogen functional groups attached to an aromatic ring is 1. The molecule has 0 fully saturated rings. The molecule has 0 aromatic heterocycles. The van der Waals surface area contributed by atoms with Gasteiger partial charge in [0.05, 0.1) is 44.2 Å². The highest BCUT2D eigenvalue weighted by atomic mass is 32.2. The van der Waals surface area contributed by atoms with Crippen molar-refractivity contribution in [1.82, 2.24) is 0 Å². The number of aromatic carboxylic acids is 2. The fraction of sp³-hybridized carbons (Fsp3) is 0.0244. The second kappa shape index (κ2) is 20.1. The number of anilines is 1. The smallest absolute Gasteiger partial charge is 0.335 e. The molecule has 76 heavy (non-hydrogen) atoms. The number of phenols is 2. The fourth-order valence-electron chi connectivity index (χ4n) is 7.01. The number of rotatable bonds is 15. The largest absolute Gasteiger partial charge is 0.505 e. The first-order chi connectivity index (χ1) is 35.3. The Morgan fingerprint density at radius 3 is 1.64 bits per heavy atom. The van der Waals surface area contributed by atoms with E-state index in [0.717, 1.165) is 48.5 Å². The number of nitro groups is 1. The first-order valence-corrected chi connectivity index (χ1v) is 26.2. The second-order valence-electron chi connectivity index (χ2n) is 15.4. The van der Waals surface area contributed by atoms with E-state index in [1.54, 1.807) is 0 Å². The van der Waals surface area contributed by atoms with Crippen LogP contribution in [0.25, 0.3) is 21.5 Å². The summed E-state index contributed by atoms with van der Waals surface area (Å²) in [6, 6.07) is 12.7. The molecule has 0 radical (unpaired) electrons. The number of carbonyl (C=O) groups is 2. The van der Waals surface area contributed by atoms with Gasteiger partial charge in [-0.2, -0.15) is 49.0 Å². The number of nitrogens with zero attached hydrogens (tertiary/aromatic N) is 9. The Morgan fingerprint density at radius 1 is 0.539 bits per heavy atom. The van der Waals surface area contributed by atoms with Crippen LogP contribution in [0.4, 0.5) is 56.9 Å². The lowest BCUT2D eigenvalue weighted by Gasteiger charge is -2.14. The highest BCUT2D eigenvalue weighted by Gasteiger charge is 2.29. The topological polar surface area (TPSA) is 501 Å². The zero-order valence-corrected chi connectivity index (χ0v) is 41.4. The first kappa shape index (κ1) is 55.0. The summed E-state index contributed by atoms with van der Waals surface area (Å²) in [4.78, 5) is 28.1. The summed E-state index contributed by atoms with van der Waals surface area (Å²) in [6.45, 7) is 1.47. The molecule has 7 aromatic carbocycles. The van der Waals surface area contributed by atoms with Crippen molar-refractivity contribution in [2.75, 3.05) is 5.73 Å². The summed E-state index contributed by atoms with van der Waals surface area (Å²) < 4.78 is 142. The SMILES string of the molecule is Cc1cc(N=Nc2cc(C(=O)O)cc(C(=O)O)c2)ccc1N=Nc1c(S(=O)(=O)O)cc2c(S(=O)(=O)O)c(N=Nc3cc(S(=O)(=O)O)c4cc(S)c(N=Nc5ccc([N+](=O)[O-])cc5S(=O)(=O)O)c(O)c4c3N)ccc2c1O. The minimum absolute atomic E-state index is 0.0169. The number of thiol groups is 1. The lowest BCUT2D eigenvalue weighted by molar-refractivity contribution is -0.385. The number of carboxylic acid groups (broad SMARTS) is 2. The molecule has 10 N–H and O–H groups in total. The van der Waals surface area contributed by atoms with Crippen LogP contribution in [-0.2, 0) is 40.5 Å². The van der Waals surface area contributed by atoms with Crippen molar-refractivity contribution in [3.8, 4) is 11.5 Å². The van der Waals surface area contributed by atoms with Gasteiger partial charge in [-0.25, -0.2) is 9.59 Å². The van der Waals surface area contributed by atoms with Crippen molar-refractivity contribution >= 4 is 143 Å². The Morgan fingerprint density at radius 2 is 1.08 bits per heavy atom. The highest BCUT2D eigenvalue weighted by Crippen LogP contribution is 2.50. The van der Waals surface area contributed by atoms with Gasteiger partial charge in [-0.05, 0) is 85.3 Å². The summed E-state index contributed by atoms with van der Waals surface area (Å²) in [5.41, 5.74) is 0.281. The van der Waals surface area contributed by atoms with Gasteiger partial charge in [-0.15, -0.1) is 38.2 Å². The average Bonchev–Trinajstić information content (AvgIpc) is 3.34. The number of nitro benzene ring substituents is 1. The minimum atomic E-state index is -5.59. The predicted molar refractivity (Wildman–Crippen MR) is 263 cm³/mol. The number of benzene rings is 7. The van der Waals surface area contributed by atoms with E-state index in [0.29, 0.717) is 18.2 Å². The van der Waals surface area contributed by atoms with Crippen LogP contribution in [-0.4, -0.2) is 89.2 Å². The number of azo groups is 4. The van der Waals surface area contributed by atoms with Crippen LogP contribution in [0.1, 0.15) is 26.3 Å². The third kappa shape index (κ3) is 11.3. The van der Waals surface area contributed by atoms with Gasteiger partial charge in [-0.1, -0.05) is 0 Å². The maximum atomic E-state index is 13.0. The predicted octanol–water partition coefficient (Wildman–Crippen LogP) is 9.54. The van der Waals surface area contributed by atoms with Crippen molar-refractivity contribution in [2.45, 2.75) is 31.4 Å². The van der Waals surface area contributed by atoms with Gasteiger partial charge in [-0.3, -0.25) is 28.3 Å². The molecular formula is C41H28N10O20S5. The van der Waals surface area contributed by atoms with Crippen LogP contribution in [0, 0.1) is 17.0 Å². The Kier molecular flexibility index (Phi) is 14.6. The number of hydrogen-bond acceptors (Lipinski definition) is 24. The zero-order valence-electron chi connectivity index (χ0n) is 37.2. The van der Waals surface area contributed by atoms with E-state index in [1.165, 1.54) is 25.1 Å². The lowest BCUT2D eigenvalue weighted by atomic mass is 10.0. The second-order valence-corrected chi connectivity index (χ2v) is 21.4. The van der Waals surface area contributed by atoms with E-state index >= 15 is 0 Å². The van der Waals surface area contributed by atoms with Crippen LogP contribution in [0.5, 0.6) is 11.5 Å². The van der Waals surface area contributed by atoms with Crippen LogP contribution in [0.15, 0.2) is 150 Å². The maximum absolute atomic E-state index is 13.0. The highest BCUT2D eigenvalue weighted by molar-refractivity contribution is 7.87. The number of aryl methyl sites for hydroxylation is 1. The van der Waals surface area contributed by atoms with Crippen LogP contribution >= 0.6 is 12.6 Å². The molecular weight excluding hydrogens is 1110 g/mol. The summed E-state index contributed by atoms with van der Waals surface area (Å²) in [7, 11) is -21.6. The monoisotopic (exact) mass is 1140 g/mol. The summed E-state index contributed by atoms with van der Waals surface area (Å²) in [5.74, 6) is -5.07. The molecule has 30 nitrogen and oxygen atoms in total. The molecule has 7 aromatic rings. The first-order valence-electron chi connectivity index (χ1n) is 20.0. The van der Waals surface area contributed by atoms with Crippen LogP contribution < -0.4 is 5.73 Å². The number of carboxylic acids is 2. The standard InChI is InChI=1S/C41H28N10O20S5/c1-16-8-19(43-44-20-10-17(40(54)55)9-18(11-20)41(56)57)2-5-25(16)45-50-36-32(75(66,67)68)14-23-22(37(36)52)4-7-27(39(23)76(69,70)71)47-48-28-15-30(73(60,61)62)24-13-29(72)35(38(53)33(24)34(28)42)49-46-26-6-3-21(51(58)59)12-31(26)74(63,64)65/h2-15,52-53,72H,42H2,1H3,(H,54,55)(H,56,57)(H,60,61,62)(H,63,64,65)(H,66,67,68)(H,69,70,71). The average molecular weight is 1140 g/mol. The molecule has 0 saturated carbocycles. The molecule has 0 spiro atoms. The van der Waals surface area contributed by atoms with Crippen LogP contribution in [0.2, 0.25) is 0 Å². The van der Waals surface area contributed by atoms with E-state index < -0.39 is 155 Å². The van der Waals surface area contributed by atoms with E-state index in [9.17, 15) is 92.0 Å². The van der Waals surface area contributed by atoms with Gasteiger partial charge in [0.25, 0.3) is 46.2 Å². The third-order valence-electron chi connectivity index (χ3n) is 10.4. The molecule has 7 rings (SSSR count). The molecule has 0 amide bonds. The van der Waals surface area contributed by atoms with Crippen LogP contribution in [0.3, 0.4) is 0 Å². The molecule has 0 bridgehead atoms. The van der Waals surface area contributed by atoms with E-state index in [4.69, 9.17) is 5.73 Å². The van der Waals surface area contributed by atoms with Crippen molar-refractivity contribution in [3.05, 3.63) is 112 Å². The summed E-state index contributed by atoms with van der Waals surface area (Å²) in [6.07, 6.45) is 0. The number of phenolic OH excluding ortho intramolecular Hbond substituents is 2. The molecule has 0 aliphatic rings. The van der Waals surface area contributed by atoms with E-state index in [2.05, 4.69) is 53.5 Å². The minimum Gasteiger partial charge on any atom is -0.505 e. The van der Waals surface area contributed by atoms with Crippen molar-refractivity contribution in [1.29, 1.82) is 0 Å². The maximum Gasteiger partial charge on any atom is 0.335 e. The third-order valence-corrected chi connectivity index (χ3v) is 14.3. The molecule has 0 saturated heterocycles. The Bertz CT molecular complexity index is 4310. The zero-order chi connectivity index (χ0) is 56.1. The van der Waals surface area contributed by atoms with Gasteiger partial charge in [0.2, 0.25) is 0 Å². The fourth-order valence-corrected chi connectivity index (χ4v) is 10.1. The number of fused-ring (bicyclic) bond motifs is 2. The normalized spacial score (nSPS) is 12.8. The molecule has 0 unspecified atom stereocenters. The molecule has 0 atom stereocenters. The van der Waals surface area contributed by atoms with E-state index in [-0.39, 0.29) is 33.8 Å². The molecule has 35 heteroatoms.